The molecule has 2 amide bonds. The highest BCUT2D eigenvalue weighted by Crippen LogP contribution is 2.18. The molecule has 1 aromatic heterocycles. The molecular formula is C21H22N4O5S. The maximum absolute atomic E-state index is 12.5. The average molecular weight is 442 g/mol. The summed E-state index contributed by atoms with van der Waals surface area (Å²) in [4.78, 5) is 40.0. The minimum Gasteiger partial charge on any atom is -0.360 e. The summed E-state index contributed by atoms with van der Waals surface area (Å²) in [5.41, 5.74) is 1.17. The maximum Gasteiger partial charge on any atom is 0.257 e. The summed E-state index contributed by atoms with van der Waals surface area (Å²) >= 11 is 0. The van der Waals surface area contributed by atoms with Gasteiger partial charge in [-0.15, -0.1) is 0 Å². The Kier molecular flexibility index (Phi) is 6.40. The Morgan fingerprint density at radius 1 is 1.10 bits per heavy atom. The first-order valence-electron chi connectivity index (χ1n) is 9.40. The van der Waals surface area contributed by atoms with Crippen molar-refractivity contribution in [2.45, 2.75) is 13.0 Å². The van der Waals surface area contributed by atoms with Crippen LogP contribution in [0, 0.1) is 0 Å². The van der Waals surface area contributed by atoms with Crippen LogP contribution in [0.3, 0.4) is 0 Å². The summed E-state index contributed by atoms with van der Waals surface area (Å²) in [6, 6.07) is 13.0. The van der Waals surface area contributed by atoms with Crippen LogP contribution in [-0.4, -0.2) is 38.0 Å². The van der Waals surface area contributed by atoms with Gasteiger partial charge < -0.3 is 15.6 Å². The molecule has 0 radical (unpaired) electrons. The number of pyridine rings is 1. The van der Waals surface area contributed by atoms with Crippen LogP contribution in [0.15, 0.2) is 59.5 Å². The largest absolute Gasteiger partial charge is 0.360 e. The second-order valence-electron chi connectivity index (χ2n) is 7.05. The number of rotatable bonds is 7. The maximum atomic E-state index is 12.5. The fourth-order valence-electron chi connectivity index (χ4n) is 3.05. The number of carbonyl (C=O) groups is 2. The van der Waals surface area contributed by atoms with Crippen molar-refractivity contribution in [1.82, 2.24) is 15.6 Å². The van der Waals surface area contributed by atoms with Crippen molar-refractivity contribution in [3.63, 3.8) is 0 Å². The van der Waals surface area contributed by atoms with Crippen LogP contribution in [0.1, 0.15) is 28.9 Å². The van der Waals surface area contributed by atoms with Crippen LogP contribution in [0.2, 0.25) is 0 Å². The Hall–Kier alpha value is -3.66. The highest BCUT2D eigenvalue weighted by Gasteiger charge is 2.15. The Morgan fingerprint density at radius 3 is 2.58 bits per heavy atom. The van der Waals surface area contributed by atoms with E-state index in [9.17, 15) is 22.8 Å². The number of sulfonamides is 1. The lowest BCUT2D eigenvalue weighted by Gasteiger charge is -2.16. The van der Waals surface area contributed by atoms with E-state index in [1.54, 1.807) is 55.5 Å². The van der Waals surface area contributed by atoms with E-state index in [4.69, 9.17) is 0 Å². The van der Waals surface area contributed by atoms with Gasteiger partial charge >= 0.3 is 0 Å². The summed E-state index contributed by atoms with van der Waals surface area (Å²) in [5, 5.41) is 5.55. The molecule has 3 rings (SSSR count). The molecule has 1 atom stereocenters. The number of hydrogen-bond acceptors (Lipinski definition) is 5. The third-order valence-corrected chi connectivity index (χ3v) is 5.12. The number of fused-ring (bicyclic) bond motifs is 1. The van der Waals surface area contributed by atoms with Gasteiger partial charge in [-0.05, 0) is 36.8 Å². The topological polar surface area (TPSA) is 137 Å². The van der Waals surface area contributed by atoms with Gasteiger partial charge in [0.1, 0.15) is 5.56 Å². The third kappa shape index (κ3) is 5.70. The molecule has 0 saturated carbocycles. The first-order chi connectivity index (χ1) is 14.6. The number of amides is 2. The number of carbonyl (C=O) groups excluding carboxylic acids is 2. The zero-order valence-electron chi connectivity index (χ0n) is 16.9. The first kappa shape index (κ1) is 22.0. The molecule has 0 aliphatic heterocycles. The molecule has 2 aromatic carbocycles. The summed E-state index contributed by atoms with van der Waals surface area (Å²) < 4.78 is 25.1. The van der Waals surface area contributed by atoms with Crippen LogP contribution in [0.4, 0.5) is 5.69 Å². The quantitative estimate of drug-likeness (QED) is 0.440. The standard InChI is InChI=1S/C21H22N4O5S/c1-13(14-6-5-7-15(10-14)25-31(2,29)30)24-19(26)12-23-21(28)17-11-22-18-9-4-3-8-16(18)20(17)27/h3-11,13,25H,12H2,1-2H3,(H,22,27)(H,23,28)(H,24,26). The molecule has 0 fully saturated rings. The average Bonchev–Trinajstić information content (AvgIpc) is 2.71. The SMILES string of the molecule is CC(NC(=O)CNC(=O)c1c[nH]c2ccccc2c1=O)c1cccc(NS(C)(=O)=O)c1. The van der Waals surface area contributed by atoms with E-state index in [0.717, 1.165) is 6.26 Å². The number of H-pyrrole nitrogens is 1. The normalized spacial score (nSPS) is 12.2. The van der Waals surface area contributed by atoms with Gasteiger partial charge in [-0.25, -0.2) is 8.42 Å². The van der Waals surface area contributed by atoms with E-state index in [1.807, 2.05) is 0 Å². The monoisotopic (exact) mass is 442 g/mol. The van der Waals surface area contributed by atoms with Gasteiger partial charge in [-0.2, -0.15) is 0 Å². The number of para-hydroxylation sites is 1. The summed E-state index contributed by atoms with van der Waals surface area (Å²) in [6.07, 6.45) is 2.37. The van der Waals surface area contributed by atoms with Gasteiger partial charge in [0.2, 0.25) is 21.4 Å². The Morgan fingerprint density at radius 2 is 1.84 bits per heavy atom. The second kappa shape index (κ2) is 9.00. The van der Waals surface area contributed by atoms with Crippen molar-refractivity contribution in [1.29, 1.82) is 0 Å². The molecule has 0 bridgehead atoms. The van der Waals surface area contributed by atoms with Gasteiger partial charge in [0.25, 0.3) is 5.91 Å². The first-order valence-corrected chi connectivity index (χ1v) is 11.3. The van der Waals surface area contributed by atoms with Gasteiger partial charge in [0.05, 0.1) is 18.8 Å². The molecule has 162 valence electrons. The highest BCUT2D eigenvalue weighted by molar-refractivity contribution is 7.92. The molecule has 0 aliphatic rings. The fraction of sp³-hybridized carbons (Fsp3) is 0.190. The van der Waals surface area contributed by atoms with E-state index in [0.29, 0.717) is 22.2 Å². The molecule has 3 aromatic rings. The van der Waals surface area contributed by atoms with Crippen molar-refractivity contribution in [2.75, 3.05) is 17.5 Å². The molecule has 9 nitrogen and oxygen atoms in total. The summed E-state index contributed by atoms with van der Waals surface area (Å²) in [6.45, 7) is 1.41. The fourth-order valence-corrected chi connectivity index (χ4v) is 3.61. The lowest BCUT2D eigenvalue weighted by molar-refractivity contribution is -0.120. The van der Waals surface area contributed by atoms with Gasteiger partial charge in [-0.3, -0.25) is 19.1 Å². The van der Waals surface area contributed by atoms with Crippen molar-refractivity contribution in [3.8, 4) is 0 Å². The van der Waals surface area contributed by atoms with Gasteiger partial charge in [-0.1, -0.05) is 24.3 Å². The van der Waals surface area contributed by atoms with Crippen molar-refractivity contribution >= 4 is 38.4 Å². The van der Waals surface area contributed by atoms with Crippen LogP contribution in [-0.2, 0) is 14.8 Å². The number of hydrogen-bond donors (Lipinski definition) is 4. The number of anilines is 1. The zero-order valence-corrected chi connectivity index (χ0v) is 17.7. The van der Waals surface area contributed by atoms with E-state index >= 15 is 0 Å². The molecule has 0 saturated heterocycles. The lowest BCUT2D eigenvalue weighted by Crippen LogP contribution is -2.39. The Bertz CT molecular complexity index is 1300. The van der Waals surface area contributed by atoms with E-state index < -0.39 is 33.3 Å². The molecule has 1 heterocycles. The molecule has 0 spiro atoms. The van der Waals surface area contributed by atoms with Crippen molar-refractivity contribution < 1.29 is 18.0 Å². The van der Waals surface area contributed by atoms with E-state index in [-0.39, 0.29) is 12.1 Å². The molecule has 0 aliphatic carbocycles. The lowest BCUT2D eigenvalue weighted by atomic mass is 10.1. The minimum absolute atomic E-state index is 0.0842. The van der Waals surface area contributed by atoms with Crippen LogP contribution < -0.4 is 20.8 Å². The minimum atomic E-state index is -3.42. The number of nitrogens with one attached hydrogen (secondary N) is 4. The summed E-state index contributed by atoms with van der Waals surface area (Å²) in [5.74, 6) is -1.12. The van der Waals surface area contributed by atoms with Gasteiger partial charge in [0, 0.05) is 22.8 Å². The van der Waals surface area contributed by atoms with E-state index in [1.165, 1.54) is 6.20 Å². The smallest absolute Gasteiger partial charge is 0.257 e. The van der Waals surface area contributed by atoms with Gasteiger partial charge in [0.15, 0.2) is 0 Å². The molecular weight excluding hydrogens is 420 g/mol. The molecule has 4 N–H and O–H groups in total. The number of aromatic amines is 1. The van der Waals surface area contributed by atoms with Crippen LogP contribution in [0.5, 0.6) is 0 Å². The predicted octanol–water partition coefficient (Wildman–Crippen LogP) is 1.51. The molecule has 10 heteroatoms. The second-order valence-corrected chi connectivity index (χ2v) is 8.80. The van der Waals surface area contributed by atoms with Crippen LogP contribution in [0.25, 0.3) is 10.9 Å². The van der Waals surface area contributed by atoms with E-state index in [2.05, 4.69) is 20.3 Å². The Balaban J connectivity index is 1.61. The van der Waals surface area contributed by atoms with Crippen molar-refractivity contribution in [3.05, 3.63) is 76.1 Å². The highest BCUT2D eigenvalue weighted by atomic mass is 32.2. The predicted molar refractivity (Wildman–Crippen MR) is 118 cm³/mol. The summed E-state index contributed by atoms with van der Waals surface area (Å²) in [7, 11) is -3.42. The molecule has 1 unspecified atom stereocenters. The van der Waals surface area contributed by atoms with Crippen molar-refractivity contribution in [2.24, 2.45) is 0 Å². The Labute approximate surface area is 178 Å². The molecule has 31 heavy (non-hydrogen) atoms. The third-order valence-electron chi connectivity index (χ3n) is 4.51. The zero-order chi connectivity index (χ0) is 22.6. The van der Waals surface area contributed by atoms with Crippen LogP contribution >= 0.6 is 0 Å². The number of benzene rings is 2. The number of aromatic nitrogens is 1.